The molecule has 3 heterocycles. The maximum absolute atomic E-state index is 12.9. The lowest BCUT2D eigenvalue weighted by molar-refractivity contribution is 0.0708. The second-order valence-corrected chi connectivity index (χ2v) is 9.67. The van der Waals surface area contributed by atoms with Crippen LogP contribution >= 0.6 is 11.3 Å². The van der Waals surface area contributed by atoms with E-state index in [9.17, 15) is 13.2 Å². The molecule has 2 aromatic heterocycles. The van der Waals surface area contributed by atoms with Crippen LogP contribution in [0.15, 0.2) is 26.2 Å². The molecule has 2 aromatic rings. The van der Waals surface area contributed by atoms with Gasteiger partial charge in [0.25, 0.3) is 5.91 Å². The number of amides is 1. The third-order valence-electron chi connectivity index (χ3n) is 4.49. The van der Waals surface area contributed by atoms with Crippen LogP contribution < -0.4 is 4.72 Å². The van der Waals surface area contributed by atoms with Gasteiger partial charge in [0, 0.05) is 25.0 Å². The Labute approximate surface area is 157 Å². The molecule has 7 nitrogen and oxygen atoms in total. The smallest absolute Gasteiger partial charge is 0.259 e. The summed E-state index contributed by atoms with van der Waals surface area (Å²) < 4.78 is 33.0. The quantitative estimate of drug-likeness (QED) is 0.837. The van der Waals surface area contributed by atoms with E-state index >= 15 is 0 Å². The van der Waals surface area contributed by atoms with Gasteiger partial charge in [0.15, 0.2) is 5.76 Å². The van der Waals surface area contributed by atoms with Crippen LogP contribution in [0.4, 0.5) is 0 Å². The first-order valence-electron chi connectivity index (χ1n) is 8.61. The Morgan fingerprint density at radius 3 is 2.65 bits per heavy atom. The number of piperidine rings is 1. The first kappa shape index (κ1) is 19.1. The van der Waals surface area contributed by atoms with Crippen LogP contribution in [0, 0.1) is 6.92 Å². The topological polar surface area (TPSA) is 92.5 Å². The number of carbonyl (C=O) groups is 1. The van der Waals surface area contributed by atoms with E-state index in [0.717, 1.165) is 0 Å². The van der Waals surface area contributed by atoms with Crippen molar-refractivity contribution in [3.05, 3.63) is 34.5 Å². The summed E-state index contributed by atoms with van der Waals surface area (Å²) >= 11 is 1.20. The molecule has 0 aromatic carbocycles. The van der Waals surface area contributed by atoms with Gasteiger partial charge in [-0.2, -0.15) is 0 Å². The molecule has 1 aliphatic rings. The molecule has 0 bridgehead atoms. The molecule has 0 aliphatic carbocycles. The van der Waals surface area contributed by atoms with Gasteiger partial charge in [-0.15, -0.1) is 11.3 Å². The second kappa shape index (κ2) is 7.50. The second-order valence-electron chi connectivity index (χ2n) is 6.78. The van der Waals surface area contributed by atoms with Crippen LogP contribution in [0.1, 0.15) is 54.4 Å². The van der Waals surface area contributed by atoms with Crippen LogP contribution in [0.25, 0.3) is 0 Å². The molecule has 0 spiro atoms. The highest BCUT2D eigenvalue weighted by Gasteiger charge is 2.31. The average Bonchev–Trinajstić information content (AvgIpc) is 3.24. The molecule has 1 saturated heterocycles. The number of likely N-dealkylation sites (tertiary alicyclic amines) is 1. The zero-order valence-corrected chi connectivity index (χ0v) is 16.7. The molecule has 0 saturated carbocycles. The summed E-state index contributed by atoms with van der Waals surface area (Å²) in [5.74, 6) is 0.588. The maximum Gasteiger partial charge on any atom is 0.259 e. The lowest BCUT2D eigenvalue weighted by Gasteiger charge is -2.32. The third kappa shape index (κ3) is 3.84. The number of aromatic nitrogens is 1. The van der Waals surface area contributed by atoms with Crippen LogP contribution in [0.2, 0.25) is 0 Å². The minimum Gasteiger partial charge on any atom is -0.360 e. The fraction of sp³-hybridized carbons (Fsp3) is 0.529. The van der Waals surface area contributed by atoms with Gasteiger partial charge in [-0.25, -0.2) is 13.1 Å². The molecule has 1 fully saturated rings. The Hall–Kier alpha value is -1.71. The summed E-state index contributed by atoms with van der Waals surface area (Å²) in [4.78, 5) is 14.6. The lowest BCUT2D eigenvalue weighted by atomic mass is 10.0. The van der Waals surface area contributed by atoms with E-state index in [1.807, 2.05) is 13.8 Å². The number of aryl methyl sites for hydroxylation is 1. The minimum absolute atomic E-state index is 0.0743. The van der Waals surface area contributed by atoms with Gasteiger partial charge in [0.2, 0.25) is 10.0 Å². The largest absolute Gasteiger partial charge is 0.360 e. The first-order chi connectivity index (χ1) is 12.3. The Balaban J connectivity index is 1.64. The van der Waals surface area contributed by atoms with E-state index in [1.54, 1.807) is 29.3 Å². The molecule has 3 rings (SSSR count). The van der Waals surface area contributed by atoms with Crippen molar-refractivity contribution in [2.45, 2.75) is 49.8 Å². The molecular weight excluding hydrogens is 374 g/mol. The summed E-state index contributed by atoms with van der Waals surface area (Å²) in [5, 5.41) is 5.67. The molecule has 0 unspecified atom stereocenters. The monoisotopic (exact) mass is 397 g/mol. The van der Waals surface area contributed by atoms with E-state index in [-0.39, 0.29) is 17.9 Å². The number of carbonyl (C=O) groups excluding carboxylic acids is 1. The molecule has 142 valence electrons. The normalized spacial score (nSPS) is 16.4. The van der Waals surface area contributed by atoms with Gasteiger partial charge in [-0.3, -0.25) is 4.79 Å². The maximum atomic E-state index is 12.9. The molecule has 0 radical (unpaired) electrons. The highest BCUT2D eigenvalue weighted by Crippen LogP contribution is 2.25. The molecule has 1 N–H and O–H groups in total. The van der Waals surface area contributed by atoms with Crippen LogP contribution in [0.3, 0.4) is 0 Å². The third-order valence-corrected chi connectivity index (χ3v) is 7.41. The number of rotatable bonds is 5. The molecule has 1 amide bonds. The Morgan fingerprint density at radius 1 is 1.38 bits per heavy atom. The predicted molar refractivity (Wildman–Crippen MR) is 98.9 cm³/mol. The Bertz CT molecular complexity index is 864. The molecule has 1 aliphatic heterocycles. The van der Waals surface area contributed by atoms with Crippen LogP contribution in [-0.4, -0.2) is 43.5 Å². The van der Waals surface area contributed by atoms with E-state index in [0.29, 0.717) is 47.2 Å². The van der Waals surface area contributed by atoms with Crippen molar-refractivity contribution in [2.24, 2.45) is 0 Å². The fourth-order valence-electron chi connectivity index (χ4n) is 3.09. The van der Waals surface area contributed by atoms with Crippen molar-refractivity contribution in [3.8, 4) is 0 Å². The highest BCUT2D eigenvalue weighted by atomic mass is 32.2. The predicted octanol–water partition coefficient (Wildman–Crippen LogP) is 2.75. The lowest BCUT2D eigenvalue weighted by Crippen LogP contribution is -2.46. The average molecular weight is 398 g/mol. The van der Waals surface area contributed by atoms with E-state index in [1.165, 1.54) is 11.3 Å². The van der Waals surface area contributed by atoms with Gasteiger partial charge in [0.05, 0.1) is 5.69 Å². The number of thiophene rings is 1. The standard InChI is InChI=1S/C17H23N3O4S2/c1-11(2)16-15(12(3)18-24-16)17(21)20-8-6-13(7-9-20)19-26(22,23)14-5-4-10-25-14/h4-5,10-11,13,19H,6-9H2,1-3H3. The zero-order chi connectivity index (χ0) is 18.9. The van der Waals surface area contributed by atoms with Crippen LogP contribution in [0.5, 0.6) is 0 Å². The summed E-state index contributed by atoms with van der Waals surface area (Å²) in [6.45, 7) is 6.69. The van der Waals surface area contributed by atoms with E-state index in [2.05, 4.69) is 9.88 Å². The molecule has 9 heteroatoms. The van der Waals surface area contributed by atoms with Crippen molar-refractivity contribution >= 4 is 27.3 Å². The van der Waals surface area contributed by atoms with E-state index < -0.39 is 10.0 Å². The van der Waals surface area contributed by atoms with Crippen molar-refractivity contribution in [2.75, 3.05) is 13.1 Å². The minimum atomic E-state index is -3.48. The van der Waals surface area contributed by atoms with Gasteiger partial charge < -0.3 is 9.42 Å². The summed E-state index contributed by atoms with van der Waals surface area (Å²) in [5.41, 5.74) is 1.14. The summed E-state index contributed by atoms with van der Waals surface area (Å²) in [6, 6.07) is 3.14. The SMILES string of the molecule is Cc1noc(C(C)C)c1C(=O)N1CCC(NS(=O)(=O)c2cccs2)CC1. The summed E-state index contributed by atoms with van der Waals surface area (Å²) in [7, 11) is -3.48. The number of hydrogen-bond acceptors (Lipinski definition) is 6. The van der Waals surface area contributed by atoms with Crippen molar-refractivity contribution in [1.82, 2.24) is 14.8 Å². The number of nitrogens with one attached hydrogen (secondary N) is 1. The fourth-order valence-corrected chi connectivity index (χ4v) is 5.41. The molecule has 0 atom stereocenters. The molecule has 26 heavy (non-hydrogen) atoms. The summed E-state index contributed by atoms with van der Waals surface area (Å²) in [6.07, 6.45) is 1.16. The number of sulfonamides is 1. The van der Waals surface area contributed by atoms with Crippen LogP contribution in [-0.2, 0) is 10.0 Å². The van der Waals surface area contributed by atoms with Gasteiger partial charge in [0.1, 0.15) is 9.77 Å². The number of hydrogen-bond donors (Lipinski definition) is 1. The highest BCUT2D eigenvalue weighted by molar-refractivity contribution is 7.91. The zero-order valence-electron chi connectivity index (χ0n) is 15.1. The van der Waals surface area contributed by atoms with Gasteiger partial charge in [-0.05, 0) is 31.2 Å². The molecular formula is C17H23N3O4S2. The van der Waals surface area contributed by atoms with Crippen molar-refractivity contribution in [1.29, 1.82) is 0 Å². The van der Waals surface area contributed by atoms with E-state index in [4.69, 9.17) is 4.52 Å². The van der Waals surface area contributed by atoms with Crippen molar-refractivity contribution < 1.29 is 17.7 Å². The first-order valence-corrected chi connectivity index (χ1v) is 11.0. The Kier molecular flexibility index (Phi) is 5.50. The van der Waals surface area contributed by atoms with Gasteiger partial charge >= 0.3 is 0 Å². The number of nitrogens with zero attached hydrogens (tertiary/aromatic N) is 2. The van der Waals surface area contributed by atoms with Gasteiger partial charge in [-0.1, -0.05) is 25.1 Å². The Morgan fingerprint density at radius 2 is 2.08 bits per heavy atom. The van der Waals surface area contributed by atoms with Crippen molar-refractivity contribution in [3.63, 3.8) is 0 Å².